The van der Waals surface area contributed by atoms with E-state index in [2.05, 4.69) is 10.2 Å². The zero-order valence-electron chi connectivity index (χ0n) is 15.9. The summed E-state index contributed by atoms with van der Waals surface area (Å²) in [5, 5.41) is 13.3. The number of rotatable bonds is 6. The number of halogens is 3. The minimum atomic E-state index is -4.86. The van der Waals surface area contributed by atoms with Crippen molar-refractivity contribution in [2.45, 2.75) is 25.4 Å². The maximum Gasteiger partial charge on any atom is 0.420 e. The van der Waals surface area contributed by atoms with Gasteiger partial charge in [-0.25, -0.2) is 0 Å². The van der Waals surface area contributed by atoms with Crippen LogP contribution in [0.25, 0.3) is 0 Å². The molecule has 1 amide bonds. The van der Waals surface area contributed by atoms with Gasteiger partial charge in [0.1, 0.15) is 11.3 Å². The second kappa shape index (κ2) is 9.02. The van der Waals surface area contributed by atoms with Crippen LogP contribution in [0.15, 0.2) is 42.5 Å². The highest BCUT2D eigenvalue weighted by molar-refractivity contribution is 5.92. The lowest BCUT2D eigenvalue weighted by Gasteiger charge is -2.28. The third-order valence-corrected chi connectivity index (χ3v) is 4.71. The molecule has 0 saturated carbocycles. The van der Waals surface area contributed by atoms with Crippen molar-refractivity contribution in [2.24, 2.45) is 0 Å². The first-order valence-electron chi connectivity index (χ1n) is 9.37. The molecule has 10 heteroatoms. The molecule has 1 aliphatic rings. The molecule has 30 heavy (non-hydrogen) atoms. The molecule has 7 nitrogen and oxygen atoms in total. The number of benzene rings is 2. The van der Waals surface area contributed by atoms with Gasteiger partial charge >= 0.3 is 6.18 Å². The summed E-state index contributed by atoms with van der Waals surface area (Å²) >= 11 is 0. The highest BCUT2D eigenvalue weighted by Gasteiger charge is 2.36. The average molecular weight is 423 g/mol. The van der Waals surface area contributed by atoms with Crippen LogP contribution in [0, 0.1) is 10.1 Å². The number of nitro benzene ring substituents is 1. The monoisotopic (exact) mass is 423 g/mol. The Kier molecular flexibility index (Phi) is 6.43. The van der Waals surface area contributed by atoms with Crippen LogP contribution in [0.1, 0.15) is 24.8 Å². The van der Waals surface area contributed by atoms with E-state index < -0.39 is 40.6 Å². The van der Waals surface area contributed by atoms with Crippen LogP contribution in [0.4, 0.5) is 30.2 Å². The summed E-state index contributed by atoms with van der Waals surface area (Å²) in [5.41, 5.74) is -0.489. The van der Waals surface area contributed by atoms with Crippen LogP contribution in [0.3, 0.4) is 0 Å². The first-order valence-corrected chi connectivity index (χ1v) is 9.37. The Hall–Kier alpha value is -3.30. The molecule has 1 heterocycles. The van der Waals surface area contributed by atoms with Gasteiger partial charge in [-0.05, 0) is 49.6 Å². The Balaban J connectivity index is 1.61. The molecular weight excluding hydrogens is 403 g/mol. The van der Waals surface area contributed by atoms with Crippen LogP contribution >= 0.6 is 0 Å². The number of anilines is 2. The second-order valence-electron chi connectivity index (χ2n) is 6.87. The molecule has 2 aromatic rings. The van der Waals surface area contributed by atoms with E-state index in [1.165, 1.54) is 6.42 Å². The number of carbonyl (C=O) groups is 1. The number of non-ortho nitro benzene ring substituents is 1. The van der Waals surface area contributed by atoms with Crippen molar-refractivity contribution in [3.05, 3.63) is 58.1 Å². The molecule has 0 unspecified atom stereocenters. The highest BCUT2D eigenvalue weighted by Crippen LogP contribution is 2.38. The molecular formula is C20H20F3N3O4. The summed E-state index contributed by atoms with van der Waals surface area (Å²) in [5.74, 6) is -1.30. The van der Waals surface area contributed by atoms with Crippen LogP contribution in [0.5, 0.6) is 5.75 Å². The molecule has 0 bridgehead atoms. The van der Waals surface area contributed by atoms with E-state index in [-0.39, 0.29) is 0 Å². The third-order valence-electron chi connectivity index (χ3n) is 4.71. The van der Waals surface area contributed by atoms with Crippen molar-refractivity contribution in [2.75, 3.05) is 29.9 Å². The molecule has 1 fully saturated rings. The Labute approximate surface area is 170 Å². The molecule has 2 aromatic carbocycles. The van der Waals surface area contributed by atoms with Gasteiger partial charge in [0.25, 0.3) is 11.6 Å². The number of hydrogen-bond acceptors (Lipinski definition) is 5. The standard InChI is InChI=1S/C20H20F3N3O4/c21-20(22,23)17-12-16(26(28)29)8-9-18(17)30-13-19(27)24-14-4-6-15(7-5-14)25-10-2-1-3-11-25/h4-9,12H,1-3,10-11,13H2,(H,24,27). The number of alkyl halides is 3. The van der Waals surface area contributed by atoms with Gasteiger partial charge in [-0.2, -0.15) is 13.2 Å². The number of nitro groups is 1. The maximum absolute atomic E-state index is 13.1. The van der Waals surface area contributed by atoms with Gasteiger partial charge in [0, 0.05) is 36.6 Å². The van der Waals surface area contributed by atoms with Crippen molar-refractivity contribution in [3.8, 4) is 5.75 Å². The smallest absolute Gasteiger partial charge is 0.420 e. The second-order valence-corrected chi connectivity index (χ2v) is 6.87. The van der Waals surface area contributed by atoms with Gasteiger partial charge < -0.3 is 15.0 Å². The van der Waals surface area contributed by atoms with E-state index in [1.807, 2.05) is 12.1 Å². The molecule has 0 aromatic heterocycles. The van der Waals surface area contributed by atoms with Gasteiger partial charge in [0.05, 0.1) is 4.92 Å². The fraction of sp³-hybridized carbons (Fsp3) is 0.350. The molecule has 160 valence electrons. The van der Waals surface area contributed by atoms with Crippen LogP contribution in [0.2, 0.25) is 0 Å². The van der Waals surface area contributed by atoms with E-state index >= 15 is 0 Å². The van der Waals surface area contributed by atoms with Gasteiger partial charge in [-0.15, -0.1) is 0 Å². The van der Waals surface area contributed by atoms with Crippen molar-refractivity contribution in [1.29, 1.82) is 0 Å². The minimum absolute atomic E-state index is 0.382. The summed E-state index contributed by atoms with van der Waals surface area (Å²) in [6.07, 6.45) is -1.37. The Morgan fingerprint density at radius 3 is 2.37 bits per heavy atom. The Morgan fingerprint density at radius 1 is 1.10 bits per heavy atom. The van der Waals surface area contributed by atoms with Crippen molar-refractivity contribution in [1.82, 2.24) is 0 Å². The number of amides is 1. The Morgan fingerprint density at radius 2 is 1.77 bits per heavy atom. The van der Waals surface area contributed by atoms with Gasteiger partial charge in [0.2, 0.25) is 0 Å². The SMILES string of the molecule is O=C(COc1ccc([N+](=O)[O-])cc1C(F)(F)F)Nc1ccc(N2CCCCC2)cc1. The summed E-state index contributed by atoms with van der Waals surface area (Å²) in [4.78, 5) is 24.1. The van der Waals surface area contributed by atoms with Crippen LogP contribution in [-0.4, -0.2) is 30.5 Å². The highest BCUT2D eigenvalue weighted by atomic mass is 19.4. The molecule has 0 spiro atoms. The lowest BCUT2D eigenvalue weighted by atomic mass is 10.1. The fourth-order valence-corrected chi connectivity index (χ4v) is 3.23. The predicted octanol–water partition coefficient (Wildman–Crippen LogP) is 4.62. The van der Waals surface area contributed by atoms with Crippen molar-refractivity contribution < 1.29 is 27.6 Å². The molecule has 0 aliphatic carbocycles. The van der Waals surface area contributed by atoms with E-state index in [0.717, 1.165) is 43.8 Å². The van der Waals surface area contributed by atoms with E-state index in [4.69, 9.17) is 4.74 Å². The quantitative estimate of drug-likeness (QED) is 0.541. The summed E-state index contributed by atoms with van der Waals surface area (Å²) in [7, 11) is 0. The molecule has 0 atom stereocenters. The molecule has 0 radical (unpaired) electrons. The topological polar surface area (TPSA) is 84.7 Å². The first kappa shape index (κ1) is 21.4. The van der Waals surface area contributed by atoms with E-state index in [9.17, 15) is 28.1 Å². The van der Waals surface area contributed by atoms with Crippen LogP contribution in [-0.2, 0) is 11.0 Å². The number of piperidine rings is 1. The lowest BCUT2D eigenvalue weighted by molar-refractivity contribution is -0.385. The van der Waals surface area contributed by atoms with Gasteiger partial charge in [0.15, 0.2) is 6.61 Å². The molecule has 1 saturated heterocycles. The first-order chi connectivity index (χ1) is 14.2. The average Bonchev–Trinajstić information content (AvgIpc) is 2.72. The van der Waals surface area contributed by atoms with Gasteiger partial charge in [-0.1, -0.05) is 0 Å². The zero-order valence-corrected chi connectivity index (χ0v) is 15.9. The van der Waals surface area contributed by atoms with Crippen molar-refractivity contribution in [3.63, 3.8) is 0 Å². The molecule has 1 N–H and O–H groups in total. The summed E-state index contributed by atoms with van der Waals surface area (Å²) in [6.45, 7) is 1.29. The van der Waals surface area contributed by atoms with Crippen LogP contribution < -0.4 is 15.0 Å². The van der Waals surface area contributed by atoms with Gasteiger partial charge in [-0.3, -0.25) is 14.9 Å². The third kappa shape index (κ3) is 5.40. The molecule has 1 aliphatic heterocycles. The fourth-order valence-electron chi connectivity index (χ4n) is 3.23. The number of hydrogen-bond donors (Lipinski definition) is 1. The summed E-state index contributed by atoms with van der Waals surface area (Å²) < 4.78 is 44.4. The zero-order chi connectivity index (χ0) is 21.7. The largest absolute Gasteiger partial charge is 0.483 e. The number of nitrogens with one attached hydrogen (secondary N) is 1. The summed E-state index contributed by atoms with van der Waals surface area (Å²) in [6, 6.07) is 9.29. The molecule has 3 rings (SSSR count). The maximum atomic E-state index is 13.1. The van der Waals surface area contributed by atoms with E-state index in [0.29, 0.717) is 11.8 Å². The number of carbonyl (C=O) groups excluding carboxylic acids is 1. The predicted molar refractivity (Wildman–Crippen MR) is 105 cm³/mol. The normalized spacial score (nSPS) is 14.3. The van der Waals surface area contributed by atoms with Crippen molar-refractivity contribution >= 4 is 23.0 Å². The lowest BCUT2D eigenvalue weighted by Crippen LogP contribution is -2.29. The number of nitrogens with zero attached hydrogens (tertiary/aromatic N) is 2. The Bertz CT molecular complexity index is 911. The minimum Gasteiger partial charge on any atom is -0.483 e. The van der Waals surface area contributed by atoms with E-state index in [1.54, 1.807) is 12.1 Å². The number of ether oxygens (including phenoxy) is 1.